The number of aromatic nitrogens is 4. The Bertz CT molecular complexity index is 819. The summed E-state index contributed by atoms with van der Waals surface area (Å²) in [5.41, 5.74) is 9.14. The van der Waals surface area contributed by atoms with Gasteiger partial charge in [0.05, 0.1) is 6.42 Å². The van der Waals surface area contributed by atoms with Crippen LogP contribution in [-0.4, -0.2) is 31.7 Å². The molecule has 7 heteroatoms. The first-order valence-corrected chi connectivity index (χ1v) is 7.06. The highest BCUT2D eigenvalue weighted by atomic mass is 16.2. The van der Waals surface area contributed by atoms with E-state index in [0.29, 0.717) is 12.1 Å². The van der Waals surface area contributed by atoms with Crippen LogP contribution in [0.2, 0.25) is 0 Å². The van der Waals surface area contributed by atoms with Crippen molar-refractivity contribution in [1.82, 2.24) is 20.2 Å². The van der Waals surface area contributed by atoms with Crippen molar-refractivity contribution in [3.05, 3.63) is 65.5 Å². The lowest BCUT2D eigenvalue weighted by atomic mass is 10.1. The number of nitrogens with two attached hydrogens (primary N) is 1. The van der Waals surface area contributed by atoms with E-state index in [2.05, 4.69) is 20.2 Å². The number of rotatable bonds is 6. The van der Waals surface area contributed by atoms with Gasteiger partial charge < -0.3 is 10.7 Å². The standard InChI is InChI=1S/C16H15N5O2/c17-11-3-1-10(2-4-11)7-12-5-6-13(20-12)8-14(22)15(23)16-18-9-19-21-16/h1-6,9,20H,7-8,17H2,(H,18,19,21). The fraction of sp³-hybridized carbons (Fsp3) is 0.125. The first-order chi connectivity index (χ1) is 11.1. The molecule has 7 nitrogen and oxygen atoms in total. The molecule has 3 aromatic rings. The predicted octanol–water partition coefficient (Wildman–Crippen LogP) is 1.30. The molecule has 0 unspecified atom stereocenters. The summed E-state index contributed by atoms with van der Waals surface area (Å²) in [6, 6.07) is 11.3. The smallest absolute Gasteiger partial charge is 0.265 e. The zero-order valence-electron chi connectivity index (χ0n) is 12.2. The Balaban J connectivity index is 1.64. The second-order valence-electron chi connectivity index (χ2n) is 5.19. The van der Waals surface area contributed by atoms with E-state index in [0.717, 1.165) is 16.9 Å². The fourth-order valence-corrected chi connectivity index (χ4v) is 2.25. The van der Waals surface area contributed by atoms with E-state index in [4.69, 9.17) is 5.73 Å². The van der Waals surface area contributed by atoms with Crippen LogP contribution in [0, 0.1) is 0 Å². The third-order valence-electron chi connectivity index (χ3n) is 3.42. The van der Waals surface area contributed by atoms with Crippen molar-refractivity contribution in [2.75, 3.05) is 5.73 Å². The third kappa shape index (κ3) is 3.52. The topological polar surface area (TPSA) is 118 Å². The number of benzene rings is 1. The molecular weight excluding hydrogens is 294 g/mol. The lowest BCUT2D eigenvalue weighted by Gasteiger charge is -2.00. The average Bonchev–Trinajstić information content (AvgIpc) is 3.21. The Kier molecular flexibility index (Phi) is 4.01. The monoisotopic (exact) mass is 309 g/mol. The number of nitrogens with one attached hydrogen (secondary N) is 2. The molecule has 0 aliphatic heterocycles. The summed E-state index contributed by atoms with van der Waals surface area (Å²) in [5, 5.41) is 5.96. The number of aromatic amines is 2. The molecular formula is C16H15N5O2. The van der Waals surface area contributed by atoms with Crippen molar-refractivity contribution < 1.29 is 9.59 Å². The van der Waals surface area contributed by atoms with Crippen LogP contribution in [0.1, 0.15) is 27.6 Å². The number of anilines is 1. The SMILES string of the molecule is Nc1ccc(Cc2ccc(CC(=O)C(=O)c3ncn[nH]3)[nH]2)cc1. The van der Waals surface area contributed by atoms with Crippen LogP contribution in [-0.2, 0) is 17.6 Å². The van der Waals surface area contributed by atoms with Crippen LogP contribution in [0.15, 0.2) is 42.7 Å². The molecule has 2 heterocycles. The summed E-state index contributed by atoms with van der Waals surface area (Å²) in [5.74, 6) is -1.25. The molecule has 0 saturated carbocycles. The molecule has 4 N–H and O–H groups in total. The molecule has 2 aromatic heterocycles. The Morgan fingerprint density at radius 1 is 1.04 bits per heavy atom. The molecule has 3 rings (SSSR count). The van der Waals surface area contributed by atoms with Gasteiger partial charge in [0, 0.05) is 23.5 Å². The molecule has 0 amide bonds. The lowest BCUT2D eigenvalue weighted by molar-refractivity contribution is -0.114. The minimum Gasteiger partial charge on any atom is -0.399 e. The van der Waals surface area contributed by atoms with E-state index in [1.54, 1.807) is 6.07 Å². The Morgan fingerprint density at radius 2 is 1.78 bits per heavy atom. The van der Waals surface area contributed by atoms with Crippen LogP contribution in [0.25, 0.3) is 0 Å². The summed E-state index contributed by atoms with van der Waals surface area (Å²) < 4.78 is 0. The van der Waals surface area contributed by atoms with Crippen LogP contribution in [0.3, 0.4) is 0 Å². The van der Waals surface area contributed by atoms with Gasteiger partial charge in [-0.05, 0) is 29.8 Å². The van der Waals surface area contributed by atoms with Gasteiger partial charge in [0.1, 0.15) is 6.33 Å². The molecule has 0 radical (unpaired) electrons. The van der Waals surface area contributed by atoms with Gasteiger partial charge in [-0.15, -0.1) is 0 Å². The van der Waals surface area contributed by atoms with Crippen LogP contribution >= 0.6 is 0 Å². The fourth-order valence-electron chi connectivity index (χ4n) is 2.25. The van der Waals surface area contributed by atoms with E-state index < -0.39 is 11.6 Å². The maximum Gasteiger partial charge on any atom is 0.265 e. The van der Waals surface area contributed by atoms with Crippen molar-refractivity contribution in [2.45, 2.75) is 12.8 Å². The molecule has 0 atom stereocenters. The van der Waals surface area contributed by atoms with Gasteiger partial charge in [-0.2, -0.15) is 5.10 Å². The van der Waals surface area contributed by atoms with Gasteiger partial charge >= 0.3 is 0 Å². The van der Waals surface area contributed by atoms with Gasteiger partial charge in [0.15, 0.2) is 5.82 Å². The summed E-state index contributed by atoms with van der Waals surface area (Å²) in [6.45, 7) is 0. The first kappa shape index (κ1) is 14.7. The van der Waals surface area contributed by atoms with E-state index in [9.17, 15) is 9.59 Å². The van der Waals surface area contributed by atoms with Crippen LogP contribution < -0.4 is 5.73 Å². The van der Waals surface area contributed by atoms with E-state index in [1.807, 2.05) is 30.3 Å². The van der Waals surface area contributed by atoms with Crippen molar-refractivity contribution in [3.8, 4) is 0 Å². The molecule has 0 spiro atoms. The maximum absolute atomic E-state index is 11.9. The molecule has 1 aromatic carbocycles. The highest BCUT2D eigenvalue weighted by Gasteiger charge is 2.19. The zero-order valence-corrected chi connectivity index (χ0v) is 12.2. The minimum atomic E-state index is -0.669. The van der Waals surface area contributed by atoms with Gasteiger partial charge in [-0.1, -0.05) is 12.1 Å². The number of carbonyl (C=O) groups excluding carboxylic acids is 2. The number of nitrogens with zero attached hydrogens (tertiary/aromatic N) is 2. The van der Waals surface area contributed by atoms with E-state index in [-0.39, 0.29) is 12.2 Å². The number of H-pyrrole nitrogens is 2. The van der Waals surface area contributed by atoms with Crippen molar-refractivity contribution in [2.24, 2.45) is 0 Å². The second kappa shape index (κ2) is 6.27. The number of hydrogen-bond acceptors (Lipinski definition) is 5. The average molecular weight is 309 g/mol. The Morgan fingerprint density at radius 3 is 2.48 bits per heavy atom. The van der Waals surface area contributed by atoms with Crippen LogP contribution in [0.5, 0.6) is 0 Å². The van der Waals surface area contributed by atoms with E-state index >= 15 is 0 Å². The molecule has 0 aliphatic carbocycles. The molecule has 0 saturated heterocycles. The zero-order chi connectivity index (χ0) is 16.2. The summed E-state index contributed by atoms with van der Waals surface area (Å²) in [6.07, 6.45) is 1.89. The quantitative estimate of drug-likeness (QED) is 0.360. The normalized spacial score (nSPS) is 10.6. The first-order valence-electron chi connectivity index (χ1n) is 7.06. The van der Waals surface area contributed by atoms with Gasteiger partial charge in [-0.3, -0.25) is 14.7 Å². The highest BCUT2D eigenvalue weighted by Crippen LogP contribution is 2.12. The number of ketones is 2. The van der Waals surface area contributed by atoms with Gasteiger partial charge in [0.25, 0.3) is 5.78 Å². The largest absolute Gasteiger partial charge is 0.399 e. The second-order valence-corrected chi connectivity index (χ2v) is 5.19. The predicted molar refractivity (Wildman–Crippen MR) is 83.9 cm³/mol. The molecule has 0 fully saturated rings. The van der Waals surface area contributed by atoms with Crippen LogP contribution in [0.4, 0.5) is 5.69 Å². The lowest BCUT2D eigenvalue weighted by Crippen LogP contribution is -2.18. The maximum atomic E-state index is 11.9. The van der Waals surface area contributed by atoms with Crippen molar-refractivity contribution in [1.29, 1.82) is 0 Å². The van der Waals surface area contributed by atoms with Gasteiger partial charge in [0.2, 0.25) is 5.78 Å². The molecule has 0 bridgehead atoms. The number of Topliss-reactive ketones (excluding diaryl/α,β-unsaturated/α-hetero) is 2. The Labute approximate surface area is 131 Å². The van der Waals surface area contributed by atoms with Gasteiger partial charge in [-0.25, -0.2) is 4.98 Å². The molecule has 116 valence electrons. The number of carbonyl (C=O) groups is 2. The summed E-state index contributed by atoms with van der Waals surface area (Å²) in [7, 11) is 0. The molecule has 23 heavy (non-hydrogen) atoms. The highest BCUT2D eigenvalue weighted by molar-refractivity contribution is 6.43. The number of nitrogen functional groups attached to an aromatic ring is 1. The number of hydrogen-bond donors (Lipinski definition) is 3. The molecule has 0 aliphatic rings. The Hall–Kier alpha value is -3.22. The van der Waals surface area contributed by atoms with E-state index in [1.165, 1.54) is 6.33 Å². The van der Waals surface area contributed by atoms with Crippen molar-refractivity contribution in [3.63, 3.8) is 0 Å². The summed E-state index contributed by atoms with van der Waals surface area (Å²) in [4.78, 5) is 30.6. The van der Waals surface area contributed by atoms with Crippen molar-refractivity contribution >= 4 is 17.3 Å². The minimum absolute atomic E-state index is 0.00126. The summed E-state index contributed by atoms with van der Waals surface area (Å²) >= 11 is 0. The third-order valence-corrected chi connectivity index (χ3v) is 3.42.